The molecule has 1 fully saturated rings. The van der Waals surface area contributed by atoms with Gasteiger partial charge in [-0.05, 0) is 94.6 Å². The van der Waals surface area contributed by atoms with Crippen molar-refractivity contribution < 1.29 is 14.3 Å². The fourth-order valence-electron chi connectivity index (χ4n) is 4.36. The highest BCUT2D eigenvalue weighted by atomic mass is 35.5. The molecule has 0 saturated carbocycles. The second-order valence-corrected chi connectivity index (χ2v) is 11.2. The standard InChI is InChI=1S/C32H36ClN3O3/c1-32(2,3)39-31(37)36-19-17-29(18-20-36)35(4)21-22-38-30-15-6-24(7-16-30)5-13-28-14-10-26(23-34-28)25-8-11-27(33)12-9-25/h6-12,14-16,23,29H,17-22H2,1-4H3. The van der Waals surface area contributed by atoms with E-state index < -0.39 is 5.60 Å². The third-order valence-electron chi connectivity index (χ3n) is 6.58. The molecule has 0 spiro atoms. The number of rotatable bonds is 6. The van der Waals surface area contributed by atoms with Crippen LogP contribution in [0.2, 0.25) is 5.02 Å². The Hall–Kier alpha value is -3.53. The maximum atomic E-state index is 12.3. The highest BCUT2D eigenvalue weighted by Gasteiger charge is 2.28. The maximum Gasteiger partial charge on any atom is 0.410 e. The van der Waals surface area contributed by atoms with Gasteiger partial charge in [-0.15, -0.1) is 0 Å². The minimum atomic E-state index is -0.463. The Morgan fingerprint density at radius 3 is 2.28 bits per heavy atom. The van der Waals surface area contributed by atoms with Gasteiger partial charge in [-0.1, -0.05) is 35.7 Å². The van der Waals surface area contributed by atoms with Crippen LogP contribution in [0.4, 0.5) is 4.79 Å². The highest BCUT2D eigenvalue weighted by molar-refractivity contribution is 6.30. The van der Waals surface area contributed by atoms with E-state index in [0.717, 1.165) is 54.9 Å². The molecule has 4 rings (SSSR count). The molecule has 7 heteroatoms. The van der Waals surface area contributed by atoms with Crippen molar-refractivity contribution in [2.75, 3.05) is 33.3 Å². The third-order valence-corrected chi connectivity index (χ3v) is 6.83. The van der Waals surface area contributed by atoms with Crippen molar-refractivity contribution in [3.63, 3.8) is 0 Å². The van der Waals surface area contributed by atoms with Crippen LogP contribution in [0.15, 0.2) is 66.9 Å². The second kappa shape index (κ2) is 13.0. The molecule has 3 aromatic rings. The second-order valence-electron chi connectivity index (χ2n) is 10.7. The zero-order chi connectivity index (χ0) is 27.8. The van der Waals surface area contributed by atoms with Gasteiger partial charge in [0.1, 0.15) is 23.7 Å². The van der Waals surface area contributed by atoms with Gasteiger partial charge in [0, 0.05) is 48.0 Å². The summed E-state index contributed by atoms with van der Waals surface area (Å²) in [5, 5.41) is 0.715. The minimum Gasteiger partial charge on any atom is -0.492 e. The van der Waals surface area contributed by atoms with Crippen LogP contribution in [-0.4, -0.2) is 65.8 Å². The number of ether oxygens (including phenoxy) is 2. The van der Waals surface area contributed by atoms with E-state index in [-0.39, 0.29) is 6.09 Å². The topological polar surface area (TPSA) is 54.9 Å². The van der Waals surface area contributed by atoms with Crippen LogP contribution in [-0.2, 0) is 4.74 Å². The summed E-state index contributed by atoms with van der Waals surface area (Å²) in [5.74, 6) is 7.11. The predicted octanol–water partition coefficient (Wildman–Crippen LogP) is 6.51. The molecule has 1 aliphatic heterocycles. The summed E-state index contributed by atoms with van der Waals surface area (Å²) in [4.78, 5) is 20.9. The van der Waals surface area contributed by atoms with E-state index in [2.05, 4.69) is 28.8 Å². The molecule has 6 nitrogen and oxygen atoms in total. The van der Waals surface area contributed by atoms with Crippen LogP contribution >= 0.6 is 11.6 Å². The lowest BCUT2D eigenvalue weighted by Crippen LogP contribution is -2.47. The number of nitrogens with zero attached hydrogens (tertiary/aromatic N) is 3. The molecule has 2 heterocycles. The van der Waals surface area contributed by atoms with E-state index in [4.69, 9.17) is 21.1 Å². The summed E-state index contributed by atoms with van der Waals surface area (Å²) in [7, 11) is 2.12. The Bertz CT molecular complexity index is 1280. The lowest BCUT2D eigenvalue weighted by atomic mass is 10.0. The van der Waals surface area contributed by atoms with Crippen LogP contribution in [0.25, 0.3) is 11.1 Å². The van der Waals surface area contributed by atoms with Crippen molar-refractivity contribution in [3.05, 3.63) is 83.1 Å². The number of likely N-dealkylation sites (N-methyl/N-ethyl adjacent to an activating group) is 1. The largest absolute Gasteiger partial charge is 0.492 e. The van der Waals surface area contributed by atoms with Crippen molar-refractivity contribution in [3.8, 4) is 28.7 Å². The average molecular weight is 546 g/mol. The van der Waals surface area contributed by atoms with Gasteiger partial charge in [0.15, 0.2) is 0 Å². The molecule has 0 atom stereocenters. The zero-order valence-electron chi connectivity index (χ0n) is 23.1. The monoisotopic (exact) mass is 545 g/mol. The number of carbonyl (C=O) groups excluding carboxylic acids is 1. The lowest BCUT2D eigenvalue weighted by Gasteiger charge is -2.37. The quantitative estimate of drug-likeness (QED) is 0.330. The number of likely N-dealkylation sites (tertiary alicyclic amines) is 1. The van der Waals surface area contributed by atoms with Gasteiger partial charge in [0.2, 0.25) is 0 Å². The number of aromatic nitrogens is 1. The summed E-state index contributed by atoms with van der Waals surface area (Å²) >= 11 is 5.97. The summed E-state index contributed by atoms with van der Waals surface area (Å²) in [5.41, 5.74) is 3.25. The molecule has 1 saturated heterocycles. The van der Waals surface area contributed by atoms with Gasteiger partial charge >= 0.3 is 6.09 Å². The van der Waals surface area contributed by atoms with E-state index in [1.54, 1.807) is 0 Å². The number of halogens is 1. The molecular formula is C32H36ClN3O3. The van der Waals surface area contributed by atoms with Gasteiger partial charge in [-0.2, -0.15) is 0 Å². The molecule has 0 unspecified atom stereocenters. The molecule has 0 bridgehead atoms. The van der Waals surface area contributed by atoms with Crippen LogP contribution in [0.3, 0.4) is 0 Å². The smallest absolute Gasteiger partial charge is 0.410 e. The van der Waals surface area contributed by atoms with Crippen molar-refractivity contribution >= 4 is 17.7 Å². The molecule has 1 aromatic heterocycles. The summed E-state index contributed by atoms with van der Waals surface area (Å²) in [6.07, 6.45) is 3.47. The lowest BCUT2D eigenvalue weighted by molar-refractivity contribution is 0.0151. The van der Waals surface area contributed by atoms with E-state index in [0.29, 0.717) is 23.4 Å². The van der Waals surface area contributed by atoms with Gasteiger partial charge in [-0.3, -0.25) is 4.90 Å². The SMILES string of the molecule is CN(CCOc1ccc(C#Cc2ccc(-c3ccc(Cl)cc3)cn2)cc1)C1CCN(C(=O)OC(C)(C)C)CC1. The van der Waals surface area contributed by atoms with Crippen LogP contribution < -0.4 is 4.74 Å². The average Bonchev–Trinajstić information content (AvgIpc) is 2.92. The number of amides is 1. The Kier molecular flexibility index (Phi) is 9.50. The van der Waals surface area contributed by atoms with Crippen molar-refractivity contribution in [1.29, 1.82) is 0 Å². The van der Waals surface area contributed by atoms with Gasteiger partial charge in [0.05, 0.1) is 0 Å². The van der Waals surface area contributed by atoms with Crippen LogP contribution in [0, 0.1) is 11.8 Å². The first-order chi connectivity index (χ1) is 18.7. The summed E-state index contributed by atoms with van der Waals surface area (Å²) in [6, 6.07) is 19.9. The Labute approximate surface area is 236 Å². The first-order valence-corrected chi connectivity index (χ1v) is 13.7. The first kappa shape index (κ1) is 28.5. The number of pyridine rings is 1. The maximum absolute atomic E-state index is 12.3. The van der Waals surface area contributed by atoms with E-state index in [1.807, 2.05) is 92.5 Å². The number of hydrogen-bond donors (Lipinski definition) is 0. The molecule has 2 aromatic carbocycles. The van der Waals surface area contributed by atoms with Crippen LogP contribution in [0.1, 0.15) is 44.9 Å². The number of piperidine rings is 1. The van der Waals surface area contributed by atoms with E-state index in [1.165, 1.54) is 0 Å². The molecule has 0 aliphatic carbocycles. The van der Waals surface area contributed by atoms with Crippen molar-refractivity contribution in [1.82, 2.24) is 14.8 Å². The molecule has 204 valence electrons. The molecule has 0 N–H and O–H groups in total. The number of hydrogen-bond acceptors (Lipinski definition) is 5. The van der Waals surface area contributed by atoms with E-state index >= 15 is 0 Å². The first-order valence-electron chi connectivity index (χ1n) is 13.3. The Balaban J connectivity index is 1.20. The van der Waals surface area contributed by atoms with Crippen LogP contribution in [0.5, 0.6) is 5.75 Å². The third kappa shape index (κ3) is 8.74. The number of benzene rings is 2. The molecule has 39 heavy (non-hydrogen) atoms. The Morgan fingerprint density at radius 1 is 1.00 bits per heavy atom. The highest BCUT2D eigenvalue weighted by Crippen LogP contribution is 2.21. The Morgan fingerprint density at radius 2 is 1.67 bits per heavy atom. The van der Waals surface area contributed by atoms with Gasteiger partial charge in [-0.25, -0.2) is 9.78 Å². The molecule has 1 amide bonds. The fourth-order valence-corrected chi connectivity index (χ4v) is 4.48. The van der Waals surface area contributed by atoms with Crippen molar-refractivity contribution in [2.24, 2.45) is 0 Å². The summed E-state index contributed by atoms with van der Waals surface area (Å²) < 4.78 is 11.5. The van der Waals surface area contributed by atoms with Gasteiger partial charge in [0.25, 0.3) is 0 Å². The minimum absolute atomic E-state index is 0.219. The zero-order valence-corrected chi connectivity index (χ0v) is 23.9. The number of carbonyl (C=O) groups is 1. The van der Waals surface area contributed by atoms with Gasteiger partial charge < -0.3 is 14.4 Å². The normalized spacial score (nSPS) is 14.1. The summed E-state index contributed by atoms with van der Waals surface area (Å²) in [6.45, 7) is 8.53. The van der Waals surface area contributed by atoms with Crippen molar-refractivity contribution in [2.45, 2.75) is 45.3 Å². The predicted molar refractivity (Wildman–Crippen MR) is 156 cm³/mol. The fraction of sp³-hybridized carbons (Fsp3) is 0.375. The molecule has 0 radical (unpaired) electrons. The molecule has 1 aliphatic rings. The molecular weight excluding hydrogens is 510 g/mol. The van der Waals surface area contributed by atoms with E-state index in [9.17, 15) is 4.79 Å².